The first kappa shape index (κ1) is 10.9. The highest BCUT2D eigenvalue weighted by molar-refractivity contribution is 5.56. The molecular formula is C15H17N3O. The van der Waals surface area contributed by atoms with Crippen molar-refractivity contribution in [3.63, 3.8) is 0 Å². The minimum absolute atomic E-state index is 0.523. The highest BCUT2D eigenvalue weighted by atomic mass is 16.5. The molecule has 1 fully saturated rings. The van der Waals surface area contributed by atoms with Crippen molar-refractivity contribution in [3.05, 3.63) is 42.0 Å². The molecule has 0 spiro atoms. The van der Waals surface area contributed by atoms with E-state index in [1.165, 1.54) is 11.3 Å². The lowest BCUT2D eigenvalue weighted by Crippen LogP contribution is -2.08. The fourth-order valence-electron chi connectivity index (χ4n) is 3.30. The van der Waals surface area contributed by atoms with Gasteiger partial charge in [0.15, 0.2) is 0 Å². The molecule has 0 radical (unpaired) electrons. The third kappa shape index (κ3) is 1.56. The molecule has 0 unspecified atom stereocenters. The normalized spacial score (nSPS) is 27.2. The van der Waals surface area contributed by atoms with E-state index in [0.717, 1.165) is 18.0 Å². The van der Waals surface area contributed by atoms with Crippen LogP contribution in [0.25, 0.3) is 0 Å². The molecule has 4 nitrogen and oxygen atoms in total. The largest absolute Gasteiger partial charge is 0.493 e. The molecule has 4 heteroatoms. The zero-order valence-electron chi connectivity index (χ0n) is 11.1. The molecule has 2 aromatic rings. The summed E-state index contributed by atoms with van der Waals surface area (Å²) in [6, 6.07) is 6.36. The standard InChI is InChI=1S/C15H17N3O/c1-16-9-3-4-13-10(5-9)14-11(7-19-13)15(14)12-6-18(2)8-17-12/h3-6,8,11,14-16H,7H2,1-2H3/t11-,14+,15-/m0/s1. The van der Waals surface area contributed by atoms with E-state index in [1.807, 2.05) is 25.0 Å². The predicted molar refractivity (Wildman–Crippen MR) is 73.7 cm³/mol. The fourth-order valence-corrected chi connectivity index (χ4v) is 3.30. The summed E-state index contributed by atoms with van der Waals surface area (Å²) in [6.07, 6.45) is 4.01. The topological polar surface area (TPSA) is 39.1 Å². The van der Waals surface area contributed by atoms with Crippen LogP contribution in [0, 0.1) is 5.92 Å². The summed E-state index contributed by atoms with van der Waals surface area (Å²) >= 11 is 0. The van der Waals surface area contributed by atoms with Crippen molar-refractivity contribution >= 4 is 5.69 Å². The van der Waals surface area contributed by atoms with Crippen LogP contribution in [0.4, 0.5) is 5.69 Å². The molecule has 98 valence electrons. The molecule has 1 aromatic heterocycles. The third-order valence-electron chi connectivity index (χ3n) is 4.32. The second-order valence-corrected chi connectivity index (χ2v) is 5.49. The van der Waals surface area contributed by atoms with Crippen molar-refractivity contribution in [1.29, 1.82) is 0 Å². The van der Waals surface area contributed by atoms with Crippen molar-refractivity contribution in [1.82, 2.24) is 9.55 Å². The Labute approximate surface area is 112 Å². The quantitative estimate of drug-likeness (QED) is 0.895. The zero-order valence-corrected chi connectivity index (χ0v) is 11.1. The van der Waals surface area contributed by atoms with Crippen molar-refractivity contribution in [2.24, 2.45) is 13.0 Å². The number of hydrogen-bond acceptors (Lipinski definition) is 3. The summed E-state index contributed by atoms with van der Waals surface area (Å²) in [4.78, 5) is 4.51. The number of anilines is 1. The second-order valence-electron chi connectivity index (χ2n) is 5.49. The number of aryl methyl sites for hydroxylation is 1. The first-order chi connectivity index (χ1) is 9.28. The van der Waals surface area contributed by atoms with Gasteiger partial charge in [-0.05, 0) is 18.2 Å². The molecule has 0 saturated heterocycles. The molecule has 19 heavy (non-hydrogen) atoms. The number of fused-ring (bicyclic) bond motifs is 3. The van der Waals surface area contributed by atoms with Crippen molar-refractivity contribution in [2.45, 2.75) is 11.8 Å². The summed E-state index contributed by atoms with van der Waals surface area (Å²) in [6.45, 7) is 0.817. The number of benzene rings is 1. The van der Waals surface area contributed by atoms with Gasteiger partial charge in [-0.2, -0.15) is 0 Å². The van der Waals surface area contributed by atoms with Gasteiger partial charge in [0.05, 0.1) is 18.6 Å². The van der Waals surface area contributed by atoms with Gasteiger partial charge in [0.25, 0.3) is 0 Å². The molecule has 3 atom stereocenters. The summed E-state index contributed by atoms with van der Waals surface area (Å²) in [5.41, 5.74) is 3.68. The Bertz CT molecular complexity index is 634. The first-order valence-corrected chi connectivity index (χ1v) is 6.70. The Morgan fingerprint density at radius 3 is 3.00 bits per heavy atom. The van der Waals surface area contributed by atoms with Crippen LogP contribution in [0.5, 0.6) is 5.75 Å². The zero-order chi connectivity index (χ0) is 13.0. The highest BCUT2D eigenvalue weighted by Crippen LogP contribution is 2.64. The Morgan fingerprint density at radius 2 is 2.26 bits per heavy atom. The molecule has 2 heterocycles. The molecule has 2 aliphatic rings. The van der Waals surface area contributed by atoms with Gasteiger partial charge in [-0.1, -0.05) is 0 Å². The van der Waals surface area contributed by atoms with Crippen LogP contribution in [-0.4, -0.2) is 23.2 Å². The molecule has 1 saturated carbocycles. The summed E-state index contributed by atoms with van der Waals surface area (Å²) < 4.78 is 7.89. The highest BCUT2D eigenvalue weighted by Gasteiger charge is 2.56. The van der Waals surface area contributed by atoms with Crippen LogP contribution in [0.1, 0.15) is 23.1 Å². The number of hydrogen-bond donors (Lipinski definition) is 1. The molecule has 1 N–H and O–H groups in total. The van der Waals surface area contributed by atoms with Gasteiger partial charge in [0, 0.05) is 49.3 Å². The van der Waals surface area contributed by atoms with E-state index >= 15 is 0 Å². The SMILES string of the molecule is CNc1ccc2c(c1)[C@@H]1[C@H](CO2)[C@H]1c1cn(C)cn1. The van der Waals surface area contributed by atoms with Gasteiger partial charge < -0.3 is 14.6 Å². The number of nitrogens with zero attached hydrogens (tertiary/aromatic N) is 2. The molecule has 0 bridgehead atoms. The number of ether oxygens (including phenoxy) is 1. The van der Waals surface area contributed by atoms with Gasteiger partial charge in [-0.15, -0.1) is 0 Å². The van der Waals surface area contributed by atoms with Crippen LogP contribution >= 0.6 is 0 Å². The predicted octanol–water partition coefficient (Wildman–Crippen LogP) is 2.35. The summed E-state index contributed by atoms with van der Waals surface area (Å²) in [7, 11) is 3.97. The van der Waals surface area contributed by atoms with E-state index in [2.05, 4.69) is 34.7 Å². The van der Waals surface area contributed by atoms with Crippen LogP contribution in [0.15, 0.2) is 30.7 Å². The van der Waals surface area contributed by atoms with Gasteiger partial charge in [-0.3, -0.25) is 0 Å². The average Bonchev–Trinajstić information content (AvgIpc) is 3.04. The molecule has 1 aliphatic heterocycles. The van der Waals surface area contributed by atoms with Crippen molar-refractivity contribution < 1.29 is 4.74 Å². The maximum absolute atomic E-state index is 5.87. The maximum Gasteiger partial charge on any atom is 0.122 e. The van der Waals surface area contributed by atoms with E-state index in [0.29, 0.717) is 17.8 Å². The van der Waals surface area contributed by atoms with Gasteiger partial charge >= 0.3 is 0 Å². The molecule has 4 rings (SSSR count). The van der Waals surface area contributed by atoms with E-state index in [4.69, 9.17) is 4.74 Å². The Balaban J connectivity index is 1.71. The fraction of sp³-hybridized carbons (Fsp3) is 0.400. The summed E-state index contributed by atoms with van der Waals surface area (Å²) in [5, 5.41) is 3.20. The third-order valence-corrected chi connectivity index (χ3v) is 4.32. The minimum atomic E-state index is 0.523. The monoisotopic (exact) mass is 255 g/mol. The Morgan fingerprint density at radius 1 is 1.37 bits per heavy atom. The van der Waals surface area contributed by atoms with Crippen molar-refractivity contribution in [2.75, 3.05) is 19.0 Å². The second kappa shape index (κ2) is 3.76. The van der Waals surface area contributed by atoms with E-state index in [1.54, 1.807) is 0 Å². The molecule has 0 amide bonds. The number of nitrogens with one attached hydrogen (secondary N) is 1. The average molecular weight is 255 g/mol. The molecule has 1 aromatic carbocycles. The van der Waals surface area contributed by atoms with Crippen LogP contribution in [-0.2, 0) is 7.05 Å². The Hall–Kier alpha value is -1.97. The minimum Gasteiger partial charge on any atom is -0.493 e. The lowest BCUT2D eigenvalue weighted by atomic mass is 10.0. The lowest BCUT2D eigenvalue weighted by Gasteiger charge is -2.17. The maximum atomic E-state index is 5.87. The smallest absolute Gasteiger partial charge is 0.122 e. The van der Waals surface area contributed by atoms with Crippen LogP contribution in [0.3, 0.4) is 0 Å². The molecule has 1 aliphatic carbocycles. The summed E-state index contributed by atoms with van der Waals surface area (Å²) in [5.74, 6) is 2.73. The lowest BCUT2D eigenvalue weighted by molar-refractivity contribution is 0.277. The Kier molecular flexibility index (Phi) is 2.16. The number of rotatable bonds is 2. The van der Waals surface area contributed by atoms with Crippen LogP contribution < -0.4 is 10.1 Å². The number of aromatic nitrogens is 2. The van der Waals surface area contributed by atoms with Crippen LogP contribution in [0.2, 0.25) is 0 Å². The van der Waals surface area contributed by atoms with Gasteiger partial charge in [0.1, 0.15) is 5.75 Å². The molecular weight excluding hydrogens is 238 g/mol. The van der Waals surface area contributed by atoms with Crippen molar-refractivity contribution in [3.8, 4) is 5.75 Å². The first-order valence-electron chi connectivity index (χ1n) is 6.70. The number of imidazole rings is 1. The van der Waals surface area contributed by atoms with Gasteiger partial charge in [0.2, 0.25) is 0 Å². The van der Waals surface area contributed by atoms with E-state index in [9.17, 15) is 0 Å². The van der Waals surface area contributed by atoms with Gasteiger partial charge in [-0.25, -0.2) is 4.98 Å². The van der Waals surface area contributed by atoms with E-state index in [-0.39, 0.29) is 0 Å². The van der Waals surface area contributed by atoms with E-state index < -0.39 is 0 Å².